The molecule has 0 amide bonds. The second-order valence-corrected chi connectivity index (χ2v) is 13.1. The number of fused-ring (bicyclic) bond motifs is 5. The fourth-order valence-corrected chi connectivity index (χ4v) is 9.45. The topological polar surface area (TPSA) is 49.8 Å². The van der Waals surface area contributed by atoms with E-state index in [1.165, 1.54) is 32.1 Å². The van der Waals surface area contributed by atoms with Crippen molar-refractivity contribution in [3.63, 3.8) is 0 Å². The number of likely N-dealkylation sites (N-methyl/N-ethyl adjacent to an activating group) is 1. The number of anilines is 1. The van der Waals surface area contributed by atoms with Crippen LogP contribution in [0.15, 0.2) is 30.3 Å². The fraction of sp³-hybridized carbons (Fsp3) is 0.774. The lowest BCUT2D eigenvalue weighted by molar-refractivity contribution is -0.178. The summed E-state index contributed by atoms with van der Waals surface area (Å²) in [6.45, 7) is 8.76. The minimum absolute atomic E-state index is 0.135. The van der Waals surface area contributed by atoms with Crippen molar-refractivity contribution in [2.45, 2.75) is 84.2 Å². The standard InChI is InChI=1S/C31H47NO3/c1-5-35-21-31-18-17-29(2,34)19-22(31)11-12-24-25-13-14-27(30(25,3)16-15-26(24)31)28(33)20-32(4)23-9-7-6-8-10-23/h6-10,22,24-27,34H,5,11-21H2,1-4H3/t22-,24-,25-,26-,27+,29+,30-,31+/m0/s1. The zero-order valence-electron chi connectivity index (χ0n) is 22.5. The highest BCUT2D eigenvalue weighted by atomic mass is 16.5. The van der Waals surface area contributed by atoms with E-state index in [1.54, 1.807) is 0 Å². The van der Waals surface area contributed by atoms with Crippen molar-refractivity contribution in [2.75, 3.05) is 31.7 Å². The molecule has 1 aromatic carbocycles. The van der Waals surface area contributed by atoms with E-state index in [0.29, 0.717) is 36.0 Å². The van der Waals surface area contributed by atoms with Crippen LogP contribution in [0.3, 0.4) is 0 Å². The van der Waals surface area contributed by atoms with Gasteiger partial charge in [0.15, 0.2) is 5.78 Å². The van der Waals surface area contributed by atoms with Gasteiger partial charge in [-0.3, -0.25) is 4.79 Å². The Bertz CT molecular complexity index is 900. The molecule has 194 valence electrons. The monoisotopic (exact) mass is 481 g/mol. The molecule has 0 radical (unpaired) electrons. The second kappa shape index (κ2) is 9.49. The van der Waals surface area contributed by atoms with Gasteiger partial charge in [-0.2, -0.15) is 0 Å². The zero-order valence-corrected chi connectivity index (χ0v) is 22.5. The Hall–Kier alpha value is -1.39. The Morgan fingerprint density at radius 1 is 1.03 bits per heavy atom. The van der Waals surface area contributed by atoms with Crippen LogP contribution in [-0.4, -0.2) is 43.3 Å². The lowest BCUT2D eigenvalue weighted by atomic mass is 9.43. The Morgan fingerprint density at radius 3 is 2.54 bits per heavy atom. The van der Waals surface area contributed by atoms with E-state index in [1.807, 2.05) is 25.1 Å². The predicted molar refractivity (Wildman–Crippen MR) is 141 cm³/mol. The number of hydrogen-bond donors (Lipinski definition) is 1. The molecule has 0 aromatic heterocycles. The quantitative estimate of drug-likeness (QED) is 0.510. The normalized spacial score (nSPS) is 42.6. The van der Waals surface area contributed by atoms with Crippen molar-refractivity contribution in [2.24, 2.45) is 40.4 Å². The summed E-state index contributed by atoms with van der Waals surface area (Å²) in [5.74, 6) is 3.24. The van der Waals surface area contributed by atoms with Crippen LogP contribution in [0.2, 0.25) is 0 Å². The van der Waals surface area contributed by atoms with Gasteiger partial charge in [0.2, 0.25) is 0 Å². The van der Waals surface area contributed by atoms with Crippen molar-refractivity contribution in [3.05, 3.63) is 30.3 Å². The summed E-state index contributed by atoms with van der Waals surface area (Å²) in [6.07, 6.45) is 10.1. The third kappa shape index (κ3) is 4.37. The van der Waals surface area contributed by atoms with Crippen LogP contribution in [0.5, 0.6) is 0 Å². The van der Waals surface area contributed by atoms with Crippen molar-refractivity contribution in [3.8, 4) is 0 Å². The SMILES string of the molecule is CCOC[C@]12CC[C@@](C)(O)C[C@@H]1CC[C@H]1[C@@H]3CC[C@H](C(=O)CN(C)c4ccccc4)[C@@]3(C)CC[C@@H]12. The molecule has 4 heteroatoms. The number of aliphatic hydroxyl groups is 1. The van der Waals surface area contributed by atoms with Crippen molar-refractivity contribution in [1.82, 2.24) is 0 Å². The van der Waals surface area contributed by atoms with Crippen molar-refractivity contribution >= 4 is 11.5 Å². The summed E-state index contributed by atoms with van der Waals surface area (Å²) in [6, 6.07) is 10.3. The molecule has 5 rings (SSSR count). The molecule has 4 aliphatic carbocycles. The molecule has 8 atom stereocenters. The maximum Gasteiger partial charge on any atom is 0.155 e. The summed E-state index contributed by atoms with van der Waals surface area (Å²) >= 11 is 0. The van der Waals surface area contributed by atoms with E-state index in [0.717, 1.165) is 44.6 Å². The van der Waals surface area contributed by atoms with E-state index in [4.69, 9.17) is 4.74 Å². The van der Waals surface area contributed by atoms with Gasteiger partial charge in [-0.25, -0.2) is 0 Å². The Kier molecular flexibility index (Phi) is 6.85. The Balaban J connectivity index is 1.34. The first-order chi connectivity index (χ1) is 16.7. The first-order valence-corrected chi connectivity index (χ1v) is 14.3. The first-order valence-electron chi connectivity index (χ1n) is 14.3. The van der Waals surface area contributed by atoms with Crippen LogP contribution < -0.4 is 4.90 Å². The highest BCUT2D eigenvalue weighted by molar-refractivity contribution is 5.86. The predicted octanol–water partition coefficient (Wildman–Crippen LogP) is 6.12. The first kappa shape index (κ1) is 25.3. The summed E-state index contributed by atoms with van der Waals surface area (Å²) in [5.41, 5.74) is 0.952. The zero-order chi connectivity index (χ0) is 24.8. The number of Topliss-reactive ketones (excluding diaryl/α,β-unsaturated/α-hetero) is 1. The van der Waals surface area contributed by atoms with Crippen LogP contribution in [0.25, 0.3) is 0 Å². The van der Waals surface area contributed by atoms with Gasteiger partial charge in [0.05, 0.1) is 18.8 Å². The number of hydrogen-bond acceptors (Lipinski definition) is 4. The van der Waals surface area contributed by atoms with Gasteiger partial charge in [0, 0.05) is 25.3 Å². The molecule has 0 aliphatic heterocycles. The number of carbonyl (C=O) groups is 1. The van der Waals surface area contributed by atoms with Crippen LogP contribution in [0, 0.1) is 40.4 Å². The largest absolute Gasteiger partial charge is 0.390 e. The third-order valence-electron chi connectivity index (χ3n) is 11.2. The third-order valence-corrected chi connectivity index (χ3v) is 11.2. The van der Waals surface area contributed by atoms with Crippen LogP contribution in [0.4, 0.5) is 5.69 Å². The van der Waals surface area contributed by atoms with E-state index < -0.39 is 5.60 Å². The molecule has 4 fully saturated rings. The maximum atomic E-state index is 13.7. The fourth-order valence-electron chi connectivity index (χ4n) is 9.45. The lowest BCUT2D eigenvalue weighted by Crippen LogP contribution is -2.58. The summed E-state index contributed by atoms with van der Waals surface area (Å²) in [5, 5.41) is 10.9. The number of para-hydroxylation sites is 1. The average Bonchev–Trinajstić information content (AvgIpc) is 3.20. The molecule has 0 heterocycles. The molecule has 0 unspecified atom stereocenters. The number of ketones is 1. The van der Waals surface area contributed by atoms with Gasteiger partial charge < -0.3 is 14.7 Å². The van der Waals surface area contributed by atoms with E-state index in [-0.39, 0.29) is 16.7 Å². The molecular weight excluding hydrogens is 434 g/mol. The van der Waals surface area contributed by atoms with Gasteiger partial charge >= 0.3 is 0 Å². The molecule has 1 aromatic rings. The highest BCUT2D eigenvalue weighted by Crippen LogP contribution is 2.68. The van der Waals surface area contributed by atoms with Gasteiger partial charge in [-0.05, 0) is 118 Å². The molecule has 4 saturated carbocycles. The van der Waals surface area contributed by atoms with Gasteiger partial charge in [-0.1, -0.05) is 25.1 Å². The van der Waals surface area contributed by atoms with E-state index in [2.05, 4.69) is 37.9 Å². The van der Waals surface area contributed by atoms with Crippen LogP contribution >= 0.6 is 0 Å². The van der Waals surface area contributed by atoms with Crippen molar-refractivity contribution < 1.29 is 14.6 Å². The lowest BCUT2D eigenvalue weighted by Gasteiger charge is -2.62. The van der Waals surface area contributed by atoms with Crippen molar-refractivity contribution in [1.29, 1.82) is 0 Å². The van der Waals surface area contributed by atoms with Crippen LogP contribution in [0.1, 0.15) is 78.6 Å². The summed E-state index contributed by atoms with van der Waals surface area (Å²) in [7, 11) is 2.05. The molecule has 4 aliphatic rings. The van der Waals surface area contributed by atoms with Gasteiger partial charge in [-0.15, -0.1) is 0 Å². The minimum Gasteiger partial charge on any atom is -0.390 e. The number of nitrogens with zero attached hydrogens (tertiary/aromatic N) is 1. The average molecular weight is 482 g/mol. The molecule has 0 saturated heterocycles. The number of ether oxygens (including phenoxy) is 1. The molecule has 0 spiro atoms. The number of benzene rings is 1. The molecule has 4 nitrogen and oxygen atoms in total. The van der Waals surface area contributed by atoms with Crippen LogP contribution in [-0.2, 0) is 9.53 Å². The van der Waals surface area contributed by atoms with E-state index >= 15 is 0 Å². The number of carbonyl (C=O) groups excluding carboxylic acids is 1. The number of rotatable bonds is 7. The Morgan fingerprint density at radius 2 is 1.80 bits per heavy atom. The Labute approximate surface area is 212 Å². The van der Waals surface area contributed by atoms with Gasteiger partial charge in [0.25, 0.3) is 0 Å². The molecule has 35 heavy (non-hydrogen) atoms. The smallest absolute Gasteiger partial charge is 0.155 e. The second-order valence-electron chi connectivity index (χ2n) is 13.1. The highest BCUT2D eigenvalue weighted by Gasteiger charge is 2.63. The van der Waals surface area contributed by atoms with E-state index in [9.17, 15) is 9.90 Å². The summed E-state index contributed by atoms with van der Waals surface area (Å²) in [4.78, 5) is 15.8. The van der Waals surface area contributed by atoms with Gasteiger partial charge in [0.1, 0.15) is 0 Å². The molecule has 1 N–H and O–H groups in total. The molecular formula is C31H47NO3. The minimum atomic E-state index is -0.522. The summed E-state index contributed by atoms with van der Waals surface area (Å²) < 4.78 is 6.19. The maximum absolute atomic E-state index is 13.7. The molecule has 0 bridgehead atoms.